The van der Waals surface area contributed by atoms with E-state index in [4.69, 9.17) is 23.8 Å². The van der Waals surface area contributed by atoms with Crippen LogP contribution in [0, 0.1) is 11.6 Å². The molecule has 2 nitrogen and oxygen atoms in total. The van der Waals surface area contributed by atoms with Crippen LogP contribution in [-0.2, 0) is 12.1 Å². The first-order chi connectivity index (χ1) is 11.8. The molecule has 0 saturated heterocycles. The van der Waals surface area contributed by atoms with Crippen molar-refractivity contribution in [2.75, 3.05) is 5.32 Å². The van der Waals surface area contributed by atoms with Crippen molar-refractivity contribution in [3.63, 3.8) is 0 Å². The molecule has 0 bridgehead atoms. The number of fused-ring (bicyclic) bond motifs is 3. The zero-order valence-corrected chi connectivity index (χ0v) is 16.8. The number of anilines is 1. The Labute approximate surface area is 162 Å². The molecule has 128 valence electrons. The topological polar surface area (TPSA) is 17.0 Å². The minimum absolute atomic E-state index is 0.177. The number of hydrogen-bond donors (Lipinski definition) is 1. The molecule has 2 aromatic carbocycles. The van der Waals surface area contributed by atoms with Gasteiger partial charge in [0.25, 0.3) is 0 Å². The third kappa shape index (κ3) is 2.92. The first-order valence-corrected chi connectivity index (χ1v) is 9.79. The van der Waals surface area contributed by atoms with E-state index in [0.29, 0.717) is 0 Å². The molecule has 0 saturated carbocycles. The lowest BCUT2D eigenvalue weighted by atomic mass is 9.90. The van der Waals surface area contributed by atoms with Crippen LogP contribution in [0.3, 0.4) is 0 Å². The van der Waals surface area contributed by atoms with Gasteiger partial charge < -0.3 is 5.32 Å². The molecular formula is C20H19ClN2S2. The second-order valence-electron chi connectivity index (χ2n) is 7.06. The highest BCUT2D eigenvalue weighted by atomic mass is 35.5. The quantitative estimate of drug-likeness (QED) is 0.498. The number of nitrogens with zero attached hydrogens (tertiary/aromatic N) is 1. The number of hydrogen-bond acceptors (Lipinski definition) is 3. The molecule has 0 amide bonds. The zero-order chi connectivity index (χ0) is 17.8. The van der Waals surface area contributed by atoms with Gasteiger partial charge in [0, 0.05) is 21.8 Å². The smallest absolute Gasteiger partial charge is 0.124 e. The lowest BCUT2D eigenvalue weighted by Crippen LogP contribution is -2.30. The average molecular weight is 387 g/mol. The summed E-state index contributed by atoms with van der Waals surface area (Å²) in [7, 11) is 0. The van der Waals surface area contributed by atoms with Gasteiger partial charge in [-0.05, 0) is 38.5 Å². The predicted molar refractivity (Wildman–Crippen MR) is 111 cm³/mol. The lowest BCUT2D eigenvalue weighted by molar-refractivity contribution is 0.620. The molecule has 0 spiro atoms. The van der Waals surface area contributed by atoms with Gasteiger partial charge in [-0.3, -0.25) is 3.96 Å². The van der Waals surface area contributed by atoms with Crippen LogP contribution in [0.2, 0.25) is 5.02 Å². The summed E-state index contributed by atoms with van der Waals surface area (Å²) in [5.41, 5.74) is 5.72. The Morgan fingerprint density at radius 3 is 2.60 bits per heavy atom. The summed E-state index contributed by atoms with van der Waals surface area (Å²) in [6, 6.07) is 14.6. The van der Waals surface area contributed by atoms with E-state index in [9.17, 15) is 0 Å². The summed E-state index contributed by atoms with van der Waals surface area (Å²) in [5, 5.41) is 4.35. The molecule has 1 aliphatic rings. The SMILES string of the molecule is Cc1ccc(Cn2sc3c(c2=S)-c2ccc(Cl)cc2NC3(C)C)cc1. The summed E-state index contributed by atoms with van der Waals surface area (Å²) in [6.07, 6.45) is 0. The minimum atomic E-state index is -0.177. The average Bonchev–Trinajstić information content (AvgIpc) is 2.87. The van der Waals surface area contributed by atoms with Crippen LogP contribution < -0.4 is 5.32 Å². The van der Waals surface area contributed by atoms with Gasteiger partial charge in [0.1, 0.15) is 4.64 Å². The van der Waals surface area contributed by atoms with E-state index >= 15 is 0 Å². The van der Waals surface area contributed by atoms with Crippen molar-refractivity contribution < 1.29 is 0 Å². The van der Waals surface area contributed by atoms with Gasteiger partial charge in [-0.15, -0.1) is 0 Å². The zero-order valence-electron chi connectivity index (χ0n) is 14.4. The molecule has 0 fully saturated rings. The van der Waals surface area contributed by atoms with Gasteiger partial charge in [-0.1, -0.05) is 71.2 Å². The summed E-state index contributed by atoms with van der Waals surface area (Å²) >= 11 is 13.8. The van der Waals surface area contributed by atoms with Gasteiger partial charge in [-0.2, -0.15) is 0 Å². The Kier molecular flexibility index (Phi) is 4.02. The maximum Gasteiger partial charge on any atom is 0.124 e. The van der Waals surface area contributed by atoms with Crippen LogP contribution in [0.25, 0.3) is 11.1 Å². The predicted octanol–water partition coefficient (Wildman–Crippen LogP) is 6.62. The van der Waals surface area contributed by atoms with Gasteiger partial charge in [0.15, 0.2) is 0 Å². The number of aromatic nitrogens is 1. The molecule has 2 heterocycles. The van der Waals surface area contributed by atoms with Crippen molar-refractivity contribution in [3.05, 3.63) is 68.1 Å². The van der Waals surface area contributed by atoms with Crippen molar-refractivity contribution in [2.24, 2.45) is 0 Å². The van der Waals surface area contributed by atoms with E-state index in [1.807, 2.05) is 12.1 Å². The van der Waals surface area contributed by atoms with Gasteiger partial charge in [0.05, 0.1) is 17.0 Å². The summed E-state index contributed by atoms with van der Waals surface area (Å²) in [4.78, 5) is 1.28. The molecule has 0 unspecified atom stereocenters. The van der Waals surface area contributed by atoms with E-state index in [1.54, 1.807) is 11.5 Å². The highest BCUT2D eigenvalue weighted by Crippen LogP contribution is 2.47. The van der Waals surface area contributed by atoms with Crippen LogP contribution in [0.1, 0.15) is 29.9 Å². The van der Waals surface area contributed by atoms with Crippen molar-refractivity contribution >= 4 is 41.0 Å². The van der Waals surface area contributed by atoms with E-state index in [-0.39, 0.29) is 5.54 Å². The standard InChI is InChI=1S/C20H19ClN2S2/c1-12-4-6-13(7-5-12)11-23-19(24)17-15-9-8-14(21)10-16(15)22-20(2,3)18(17)25-23/h4-10,22H,11H2,1-3H3. The van der Waals surface area contributed by atoms with Crippen molar-refractivity contribution in [1.82, 2.24) is 3.96 Å². The summed E-state index contributed by atoms with van der Waals surface area (Å²) in [6.45, 7) is 7.29. The molecule has 0 atom stereocenters. The van der Waals surface area contributed by atoms with E-state index in [1.165, 1.54) is 21.6 Å². The molecule has 5 heteroatoms. The fraction of sp³-hybridized carbons (Fsp3) is 0.250. The van der Waals surface area contributed by atoms with Crippen molar-refractivity contribution in [3.8, 4) is 11.1 Å². The molecular weight excluding hydrogens is 368 g/mol. The third-order valence-corrected chi connectivity index (χ3v) is 6.79. The number of halogens is 1. The molecule has 1 aromatic heterocycles. The maximum atomic E-state index is 6.19. The molecule has 1 N–H and O–H groups in total. The fourth-order valence-corrected chi connectivity index (χ4v) is 5.09. The van der Waals surface area contributed by atoms with Crippen LogP contribution in [0.4, 0.5) is 5.69 Å². The van der Waals surface area contributed by atoms with Crippen LogP contribution >= 0.6 is 35.4 Å². The summed E-state index contributed by atoms with van der Waals surface area (Å²) < 4.78 is 3.12. The molecule has 0 aliphatic carbocycles. The molecule has 25 heavy (non-hydrogen) atoms. The van der Waals surface area contributed by atoms with Gasteiger partial charge >= 0.3 is 0 Å². The van der Waals surface area contributed by atoms with E-state index in [0.717, 1.165) is 27.5 Å². The number of rotatable bonds is 2. The highest BCUT2D eigenvalue weighted by Gasteiger charge is 2.34. The Balaban J connectivity index is 1.85. The molecule has 0 radical (unpaired) electrons. The Morgan fingerprint density at radius 2 is 1.88 bits per heavy atom. The third-order valence-electron chi connectivity index (χ3n) is 4.58. The minimum Gasteiger partial charge on any atom is -0.375 e. The van der Waals surface area contributed by atoms with Gasteiger partial charge in [-0.25, -0.2) is 0 Å². The Bertz CT molecular complexity index is 1010. The largest absolute Gasteiger partial charge is 0.375 e. The highest BCUT2D eigenvalue weighted by molar-refractivity contribution is 7.71. The normalized spacial score (nSPS) is 14.6. The van der Waals surface area contributed by atoms with Crippen molar-refractivity contribution in [2.45, 2.75) is 32.9 Å². The Morgan fingerprint density at radius 1 is 1.16 bits per heavy atom. The van der Waals surface area contributed by atoms with Crippen molar-refractivity contribution in [1.29, 1.82) is 0 Å². The molecule has 4 rings (SSSR count). The fourth-order valence-electron chi connectivity index (χ4n) is 3.28. The van der Waals surface area contributed by atoms with Crippen LogP contribution in [-0.4, -0.2) is 3.96 Å². The molecule has 1 aliphatic heterocycles. The number of aryl methyl sites for hydroxylation is 1. The summed E-state index contributed by atoms with van der Waals surface area (Å²) in [5.74, 6) is 0. The lowest BCUT2D eigenvalue weighted by Gasteiger charge is -2.33. The molecule has 3 aromatic rings. The van der Waals surface area contributed by atoms with E-state index in [2.05, 4.69) is 60.4 Å². The van der Waals surface area contributed by atoms with Crippen LogP contribution in [0.5, 0.6) is 0 Å². The van der Waals surface area contributed by atoms with Crippen LogP contribution in [0.15, 0.2) is 42.5 Å². The van der Waals surface area contributed by atoms with E-state index < -0.39 is 0 Å². The maximum absolute atomic E-state index is 6.19. The second-order valence-corrected chi connectivity index (χ2v) is 8.92. The first-order valence-electron chi connectivity index (χ1n) is 8.23. The monoisotopic (exact) mass is 386 g/mol. The first kappa shape index (κ1) is 16.8. The second kappa shape index (κ2) is 5.97. The number of benzene rings is 2. The number of nitrogens with one attached hydrogen (secondary N) is 1. The van der Waals surface area contributed by atoms with Gasteiger partial charge in [0.2, 0.25) is 0 Å². The Hall–Kier alpha value is -1.62.